The number of anilines is 2. The minimum absolute atomic E-state index is 0.0787. The number of hydrogen-bond acceptors (Lipinski definition) is 4. The Hall–Kier alpha value is -2.40. The van der Waals surface area contributed by atoms with Crippen molar-refractivity contribution in [3.05, 3.63) is 54.4 Å². The van der Waals surface area contributed by atoms with E-state index in [1.165, 1.54) is 19.3 Å². The summed E-state index contributed by atoms with van der Waals surface area (Å²) >= 11 is 0. The highest BCUT2D eigenvalue weighted by Crippen LogP contribution is 2.16. The highest BCUT2D eigenvalue weighted by Gasteiger charge is 2.11. The Labute approximate surface area is 149 Å². The molecule has 1 aliphatic heterocycles. The Bertz CT molecular complexity index is 668. The highest BCUT2D eigenvalue weighted by atomic mass is 16.1. The number of benzene rings is 1. The van der Waals surface area contributed by atoms with E-state index in [9.17, 15) is 4.79 Å². The van der Waals surface area contributed by atoms with Crippen molar-refractivity contribution >= 4 is 17.3 Å². The molecule has 2 heterocycles. The van der Waals surface area contributed by atoms with Gasteiger partial charge in [-0.25, -0.2) is 0 Å². The topological polar surface area (TPSA) is 57.3 Å². The molecule has 1 aromatic heterocycles. The average molecular weight is 338 g/mol. The number of nitrogens with one attached hydrogen (secondary N) is 2. The van der Waals surface area contributed by atoms with Crippen LogP contribution in [-0.4, -0.2) is 35.4 Å². The lowest BCUT2D eigenvalue weighted by Gasteiger charge is -2.25. The Kier molecular flexibility index (Phi) is 6.40. The second-order valence-corrected chi connectivity index (χ2v) is 6.50. The largest absolute Gasteiger partial charge is 0.381 e. The first-order chi connectivity index (χ1) is 12.3. The number of piperidine rings is 1. The third-order valence-corrected chi connectivity index (χ3v) is 4.47. The van der Waals surface area contributed by atoms with Gasteiger partial charge in [0, 0.05) is 43.3 Å². The van der Waals surface area contributed by atoms with E-state index in [1.807, 2.05) is 42.6 Å². The molecular weight excluding hydrogens is 312 g/mol. The molecule has 0 unspecified atom stereocenters. The molecule has 1 saturated heterocycles. The predicted octanol–water partition coefficient (Wildman–Crippen LogP) is 3.51. The first-order valence-electron chi connectivity index (χ1n) is 9.05. The monoisotopic (exact) mass is 338 g/mol. The second-order valence-electron chi connectivity index (χ2n) is 6.50. The molecule has 0 aliphatic carbocycles. The Balaban J connectivity index is 1.46. The summed E-state index contributed by atoms with van der Waals surface area (Å²) in [4.78, 5) is 18.7. The summed E-state index contributed by atoms with van der Waals surface area (Å²) in [5.41, 5.74) is 2.94. The fraction of sp³-hybridized carbons (Fsp3) is 0.400. The Morgan fingerprint density at radius 2 is 1.92 bits per heavy atom. The minimum Gasteiger partial charge on any atom is -0.381 e. The van der Waals surface area contributed by atoms with Crippen molar-refractivity contribution < 1.29 is 4.79 Å². The number of carbonyl (C=O) groups excluding carboxylic acids is 1. The normalized spacial score (nSPS) is 14.9. The zero-order valence-electron chi connectivity index (χ0n) is 14.6. The van der Waals surface area contributed by atoms with Crippen molar-refractivity contribution in [3.8, 4) is 0 Å². The van der Waals surface area contributed by atoms with Gasteiger partial charge in [0.05, 0.1) is 0 Å². The maximum absolute atomic E-state index is 12.2. The molecule has 1 amide bonds. The lowest BCUT2D eigenvalue weighted by Crippen LogP contribution is -2.32. The van der Waals surface area contributed by atoms with Crippen LogP contribution in [0.4, 0.5) is 11.4 Å². The standard InChI is InChI=1S/C20H26N4O/c25-20(9-13-24-11-2-1-3-12-24)23-19-8-4-7-18(14-19)22-16-17-6-5-10-21-15-17/h4-8,10,14-15,22H,1-3,9,11-13,16H2,(H,23,25). The smallest absolute Gasteiger partial charge is 0.225 e. The van der Waals surface area contributed by atoms with Crippen LogP contribution in [0, 0.1) is 0 Å². The quantitative estimate of drug-likeness (QED) is 0.811. The number of hydrogen-bond donors (Lipinski definition) is 2. The van der Waals surface area contributed by atoms with Crippen molar-refractivity contribution in [2.24, 2.45) is 0 Å². The van der Waals surface area contributed by atoms with Gasteiger partial charge in [-0.15, -0.1) is 0 Å². The van der Waals surface area contributed by atoms with E-state index in [0.717, 1.165) is 36.6 Å². The fourth-order valence-corrected chi connectivity index (χ4v) is 3.08. The zero-order valence-corrected chi connectivity index (χ0v) is 14.6. The SMILES string of the molecule is O=C(CCN1CCCCC1)Nc1cccc(NCc2cccnc2)c1. The van der Waals surface area contributed by atoms with E-state index in [2.05, 4.69) is 20.5 Å². The lowest BCUT2D eigenvalue weighted by atomic mass is 10.1. The van der Waals surface area contributed by atoms with E-state index in [1.54, 1.807) is 6.20 Å². The summed E-state index contributed by atoms with van der Waals surface area (Å²) in [7, 11) is 0. The number of amides is 1. The molecule has 0 spiro atoms. The zero-order chi connectivity index (χ0) is 17.3. The van der Waals surface area contributed by atoms with Crippen LogP contribution in [0.5, 0.6) is 0 Å². The number of nitrogens with zero attached hydrogens (tertiary/aromatic N) is 2. The fourth-order valence-electron chi connectivity index (χ4n) is 3.08. The maximum atomic E-state index is 12.2. The molecule has 0 atom stereocenters. The number of rotatable bonds is 7. The van der Waals surface area contributed by atoms with Crippen LogP contribution >= 0.6 is 0 Å². The molecule has 5 nitrogen and oxygen atoms in total. The van der Waals surface area contributed by atoms with Gasteiger partial charge < -0.3 is 15.5 Å². The number of carbonyl (C=O) groups is 1. The van der Waals surface area contributed by atoms with Crippen LogP contribution in [0.15, 0.2) is 48.8 Å². The molecule has 132 valence electrons. The van der Waals surface area contributed by atoms with Gasteiger partial charge in [-0.2, -0.15) is 0 Å². The van der Waals surface area contributed by atoms with Crippen LogP contribution in [0.25, 0.3) is 0 Å². The van der Waals surface area contributed by atoms with Crippen molar-refractivity contribution in [1.29, 1.82) is 0 Å². The van der Waals surface area contributed by atoms with Gasteiger partial charge in [-0.05, 0) is 55.8 Å². The molecule has 0 bridgehead atoms. The van der Waals surface area contributed by atoms with Gasteiger partial charge in [-0.3, -0.25) is 9.78 Å². The third-order valence-electron chi connectivity index (χ3n) is 4.47. The molecular formula is C20H26N4O. The van der Waals surface area contributed by atoms with Gasteiger partial charge in [0.15, 0.2) is 0 Å². The van der Waals surface area contributed by atoms with Crippen LogP contribution < -0.4 is 10.6 Å². The highest BCUT2D eigenvalue weighted by molar-refractivity contribution is 5.91. The minimum atomic E-state index is 0.0787. The van der Waals surface area contributed by atoms with Crippen molar-refractivity contribution in [2.45, 2.75) is 32.2 Å². The van der Waals surface area contributed by atoms with Crippen molar-refractivity contribution in [3.63, 3.8) is 0 Å². The molecule has 0 radical (unpaired) electrons. The van der Waals surface area contributed by atoms with Gasteiger partial charge in [-0.1, -0.05) is 18.6 Å². The molecule has 2 aromatic rings. The first kappa shape index (κ1) is 17.4. The van der Waals surface area contributed by atoms with Crippen LogP contribution in [0.1, 0.15) is 31.2 Å². The van der Waals surface area contributed by atoms with E-state index in [0.29, 0.717) is 13.0 Å². The average Bonchev–Trinajstić information content (AvgIpc) is 2.67. The number of likely N-dealkylation sites (tertiary alicyclic amines) is 1. The van der Waals surface area contributed by atoms with Gasteiger partial charge >= 0.3 is 0 Å². The molecule has 25 heavy (non-hydrogen) atoms. The van der Waals surface area contributed by atoms with E-state index < -0.39 is 0 Å². The molecule has 5 heteroatoms. The summed E-state index contributed by atoms with van der Waals surface area (Å²) in [6, 6.07) is 11.8. The summed E-state index contributed by atoms with van der Waals surface area (Å²) in [5, 5.41) is 6.36. The Morgan fingerprint density at radius 3 is 2.72 bits per heavy atom. The third kappa shape index (κ3) is 5.87. The lowest BCUT2D eigenvalue weighted by molar-refractivity contribution is -0.116. The molecule has 0 saturated carbocycles. The summed E-state index contributed by atoms with van der Waals surface area (Å²) in [6.07, 6.45) is 8.00. The van der Waals surface area contributed by atoms with Crippen LogP contribution in [0.3, 0.4) is 0 Å². The van der Waals surface area contributed by atoms with E-state index in [4.69, 9.17) is 0 Å². The number of pyridine rings is 1. The molecule has 1 fully saturated rings. The van der Waals surface area contributed by atoms with E-state index in [-0.39, 0.29) is 5.91 Å². The van der Waals surface area contributed by atoms with Gasteiger partial charge in [0.25, 0.3) is 0 Å². The maximum Gasteiger partial charge on any atom is 0.225 e. The van der Waals surface area contributed by atoms with Crippen molar-refractivity contribution in [1.82, 2.24) is 9.88 Å². The second kappa shape index (κ2) is 9.18. The molecule has 1 aromatic carbocycles. The molecule has 1 aliphatic rings. The van der Waals surface area contributed by atoms with Crippen molar-refractivity contribution in [2.75, 3.05) is 30.3 Å². The number of aromatic nitrogens is 1. The summed E-state index contributed by atoms with van der Waals surface area (Å²) in [6.45, 7) is 3.81. The summed E-state index contributed by atoms with van der Waals surface area (Å²) in [5.74, 6) is 0.0787. The van der Waals surface area contributed by atoms with Gasteiger partial charge in [0.2, 0.25) is 5.91 Å². The summed E-state index contributed by atoms with van der Waals surface area (Å²) < 4.78 is 0. The van der Waals surface area contributed by atoms with Crippen LogP contribution in [0.2, 0.25) is 0 Å². The molecule has 2 N–H and O–H groups in total. The Morgan fingerprint density at radius 1 is 1.08 bits per heavy atom. The van der Waals surface area contributed by atoms with Crippen LogP contribution in [-0.2, 0) is 11.3 Å². The van der Waals surface area contributed by atoms with Gasteiger partial charge in [0.1, 0.15) is 0 Å². The predicted molar refractivity (Wildman–Crippen MR) is 102 cm³/mol. The van der Waals surface area contributed by atoms with E-state index >= 15 is 0 Å². The first-order valence-corrected chi connectivity index (χ1v) is 9.05. The molecule has 3 rings (SSSR count).